The number of cyclic esters (lactones) is 1. The normalized spacial score (nSPS) is 36.0. The molecular formula is C23H28O6. The quantitative estimate of drug-likeness (QED) is 0.251. The van der Waals surface area contributed by atoms with Gasteiger partial charge < -0.3 is 14.6 Å². The maximum atomic E-state index is 12.5. The van der Waals surface area contributed by atoms with Crippen LogP contribution in [0.2, 0.25) is 0 Å². The van der Waals surface area contributed by atoms with Gasteiger partial charge in [-0.15, -0.1) is 0 Å². The van der Waals surface area contributed by atoms with Crippen LogP contribution >= 0.6 is 0 Å². The second-order valence-corrected chi connectivity index (χ2v) is 8.88. The standard InChI is InChI=1S/C23H28O6/c1-21(2)11-9-12-22(3)19(21)17(14-16-15-28-20(26)23(16,22)27)29-18(25)10-7-5-4-6-8-13-24/h4-8,10,13-14,17,19,27H,9,11-12,15H2,1-3H3/b5-4+,8-6+,10-7+/t17-,19+,22+,23+/m1/s1. The van der Waals surface area contributed by atoms with Crippen molar-refractivity contribution in [2.45, 2.75) is 51.7 Å². The molecule has 3 rings (SSSR count). The van der Waals surface area contributed by atoms with Gasteiger partial charge >= 0.3 is 11.9 Å². The highest BCUT2D eigenvalue weighted by Crippen LogP contribution is 2.63. The highest BCUT2D eigenvalue weighted by atomic mass is 16.6. The van der Waals surface area contributed by atoms with Crippen LogP contribution in [0.25, 0.3) is 0 Å². The predicted molar refractivity (Wildman–Crippen MR) is 107 cm³/mol. The monoisotopic (exact) mass is 400 g/mol. The van der Waals surface area contributed by atoms with Crippen LogP contribution in [0.4, 0.5) is 0 Å². The molecular weight excluding hydrogens is 372 g/mol. The molecule has 0 aromatic carbocycles. The van der Waals surface area contributed by atoms with Gasteiger partial charge in [-0.1, -0.05) is 51.5 Å². The van der Waals surface area contributed by atoms with Gasteiger partial charge in [-0.25, -0.2) is 9.59 Å². The van der Waals surface area contributed by atoms with E-state index in [-0.39, 0.29) is 17.9 Å². The fraction of sp³-hybridized carbons (Fsp3) is 0.522. The molecule has 29 heavy (non-hydrogen) atoms. The van der Waals surface area contributed by atoms with E-state index in [1.54, 1.807) is 24.3 Å². The summed E-state index contributed by atoms with van der Waals surface area (Å²) >= 11 is 0. The molecule has 1 heterocycles. The summed E-state index contributed by atoms with van der Waals surface area (Å²) in [5, 5.41) is 11.4. The average molecular weight is 400 g/mol. The molecule has 2 fully saturated rings. The van der Waals surface area contributed by atoms with Crippen LogP contribution in [0.15, 0.2) is 48.1 Å². The third kappa shape index (κ3) is 3.50. The van der Waals surface area contributed by atoms with Crippen molar-refractivity contribution in [1.82, 2.24) is 0 Å². The van der Waals surface area contributed by atoms with E-state index in [1.165, 1.54) is 18.2 Å². The van der Waals surface area contributed by atoms with Gasteiger partial charge in [0.1, 0.15) is 19.0 Å². The first-order valence-electron chi connectivity index (χ1n) is 9.93. The summed E-state index contributed by atoms with van der Waals surface area (Å²) in [5.74, 6) is -1.34. The van der Waals surface area contributed by atoms with Crippen molar-refractivity contribution in [2.75, 3.05) is 6.61 Å². The van der Waals surface area contributed by atoms with Gasteiger partial charge in [0.2, 0.25) is 0 Å². The second kappa shape index (κ2) is 7.75. The Balaban J connectivity index is 1.89. The molecule has 0 aromatic heterocycles. The van der Waals surface area contributed by atoms with E-state index in [0.717, 1.165) is 12.8 Å². The van der Waals surface area contributed by atoms with Crippen LogP contribution in [0.3, 0.4) is 0 Å². The lowest BCUT2D eigenvalue weighted by atomic mass is 9.46. The number of ether oxygens (including phenoxy) is 2. The number of fused-ring (bicyclic) bond motifs is 3. The molecule has 1 N–H and O–H groups in total. The Morgan fingerprint density at radius 3 is 2.59 bits per heavy atom. The van der Waals surface area contributed by atoms with Crippen molar-refractivity contribution in [1.29, 1.82) is 0 Å². The number of aldehydes is 1. The van der Waals surface area contributed by atoms with Gasteiger partial charge in [0.15, 0.2) is 5.60 Å². The molecule has 0 unspecified atom stereocenters. The van der Waals surface area contributed by atoms with Crippen molar-refractivity contribution in [3.05, 3.63) is 48.1 Å². The van der Waals surface area contributed by atoms with Crippen LogP contribution in [0.1, 0.15) is 40.0 Å². The summed E-state index contributed by atoms with van der Waals surface area (Å²) in [4.78, 5) is 35.1. The average Bonchev–Trinajstić information content (AvgIpc) is 2.94. The van der Waals surface area contributed by atoms with E-state index in [9.17, 15) is 19.5 Å². The molecule has 156 valence electrons. The summed E-state index contributed by atoms with van der Waals surface area (Å²) in [6.07, 6.45) is 13.3. The second-order valence-electron chi connectivity index (χ2n) is 8.88. The van der Waals surface area contributed by atoms with Crippen molar-refractivity contribution < 1.29 is 29.0 Å². The summed E-state index contributed by atoms with van der Waals surface area (Å²) < 4.78 is 11.0. The lowest BCUT2D eigenvalue weighted by Crippen LogP contribution is -2.65. The van der Waals surface area contributed by atoms with E-state index in [1.807, 2.05) is 6.92 Å². The summed E-state index contributed by atoms with van der Waals surface area (Å²) in [6, 6.07) is 0. The topological polar surface area (TPSA) is 89.9 Å². The highest BCUT2D eigenvalue weighted by molar-refractivity contribution is 5.88. The minimum Gasteiger partial charge on any atom is -0.459 e. The maximum absolute atomic E-state index is 12.5. The van der Waals surface area contributed by atoms with Crippen LogP contribution in [-0.2, 0) is 23.9 Å². The first kappa shape index (κ1) is 21.2. The Bertz CT molecular complexity index is 817. The lowest BCUT2D eigenvalue weighted by molar-refractivity contribution is -0.194. The molecule has 0 bridgehead atoms. The van der Waals surface area contributed by atoms with E-state index in [0.29, 0.717) is 18.3 Å². The Labute approximate surface area is 170 Å². The zero-order valence-corrected chi connectivity index (χ0v) is 17.1. The molecule has 1 saturated heterocycles. The van der Waals surface area contributed by atoms with Crippen molar-refractivity contribution >= 4 is 18.2 Å². The number of aliphatic hydroxyl groups is 1. The van der Waals surface area contributed by atoms with Gasteiger partial charge in [0, 0.05) is 23.0 Å². The van der Waals surface area contributed by atoms with Gasteiger partial charge in [0.25, 0.3) is 0 Å². The molecule has 1 saturated carbocycles. The molecule has 1 aliphatic heterocycles. The number of rotatable bonds is 5. The molecule has 2 aliphatic carbocycles. The zero-order chi connectivity index (χ0) is 21.3. The molecule has 6 nitrogen and oxygen atoms in total. The lowest BCUT2D eigenvalue weighted by Gasteiger charge is -2.59. The minimum absolute atomic E-state index is 0.0216. The third-order valence-electron chi connectivity index (χ3n) is 6.69. The van der Waals surface area contributed by atoms with Crippen LogP contribution in [-0.4, -0.2) is 41.6 Å². The van der Waals surface area contributed by atoms with Gasteiger partial charge in [-0.05, 0) is 30.4 Å². The van der Waals surface area contributed by atoms with E-state index >= 15 is 0 Å². The van der Waals surface area contributed by atoms with E-state index < -0.39 is 29.1 Å². The van der Waals surface area contributed by atoms with Crippen LogP contribution in [0, 0.1) is 16.7 Å². The fourth-order valence-electron chi connectivity index (χ4n) is 5.49. The molecule has 6 heteroatoms. The molecule has 0 radical (unpaired) electrons. The molecule has 0 aromatic rings. The van der Waals surface area contributed by atoms with Crippen LogP contribution in [0.5, 0.6) is 0 Å². The SMILES string of the molecule is CC1(C)CCC[C@@]2(C)[C@H]1[C@H](OC(=O)/C=C/C=C/C=C/C=O)C=C1COC(=O)[C@@]12O. The zero-order valence-electron chi connectivity index (χ0n) is 17.1. The van der Waals surface area contributed by atoms with Crippen molar-refractivity contribution in [3.63, 3.8) is 0 Å². The number of esters is 2. The molecule has 0 spiro atoms. The van der Waals surface area contributed by atoms with Gasteiger partial charge in [-0.3, -0.25) is 4.79 Å². The summed E-state index contributed by atoms with van der Waals surface area (Å²) in [5.41, 5.74) is -2.19. The maximum Gasteiger partial charge on any atom is 0.343 e. The minimum atomic E-state index is -1.66. The van der Waals surface area contributed by atoms with Crippen molar-refractivity contribution in [3.8, 4) is 0 Å². The molecule has 3 aliphatic rings. The predicted octanol–water partition coefficient (Wildman–Crippen LogP) is 2.83. The summed E-state index contributed by atoms with van der Waals surface area (Å²) in [6.45, 7) is 6.12. The first-order valence-corrected chi connectivity index (χ1v) is 9.93. The number of hydrogen-bond acceptors (Lipinski definition) is 6. The molecule has 4 atom stereocenters. The van der Waals surface area contributed by atoms with E-state index in [4.69, 9.17) is 9.47 Å². The number of carbonyl (C=O) groups excluding carboxylic acids is 3. The largest absolute Gasteiger partial charge is 0.459 e. The van der Waals surface area contributed by atoms with Crippen LogP contribution < -0.4 is 0 Å². The fourth-order valence-corrected chi connectivity index (χ4v) is 5.49. The Morgan fingerprint density at radius 1 is 1.17 bits per heavy atom. The number of carbonyl (C=O) groups is 3. The summed E-state index contributed by atoms with van der Waals surface area (Å²) in [7, 11) is 0. The van der Waals surface area contributed by atoms with Crippen molar-refractivity contribution in [2.24, 2.45) is 16.7 Å². The number of allylic oxidation sites excluding steroid dienone is 5. The van der Waals surface area contributed by atoms with Gasteiger partial charge in [-0.2, -0.15) is 0 Å². The first-order chi connectivity index (χ1) is 13.7. The highest BCUT2D eigenvalue weighted by Gasteiger charge is 2.69. The van der Waals surface area contributed by atoms with E-state index in [2.05, 4.69) is 13.8 Å². The Hall–Kier alpha value is -2.47. The number of hydrogen-bond donors (Lipinski definition) is 1. The Morgan fingerprint density at radius 2 is 1.86 bits per heavy atom. The Kier molecular flexibility index (Phi) is 5.68. The third-order valence-corrected chi connectivity index (χ3v) is 6.69. The smallest absolute Gasteiger partial charge is 0.343 e. The van der Waals surface area contributed by atoms with Gasteiger partial charge in [0.05, 0.1) is 0 Å². The molecule has 0 amide bonds.